The third-order valence-electron chi connectivity index (χ3n) is 4.12. The van der Waals surface area contributed by atoms with Crippen LogP contribution >= 0.6 is 11.6 Å². The molecule has 0 aromatic heterocycles. The average Bonchev–Trinajstić information content (AvgIpc) is 2.74. The molecule has 29 heavy (non-hydrogen) atoms. The molecule has 8 heteroatoms. The molecule has 3 rings (SSSR count). The van der Waals surface area contributed by atoms with Gasteiger partial charge in [0, 0.05) is 0 Å². The first-order valence-electron chi connectivity index (χ1n) is 8.68. The second kappa shape index (κ2) is 8.98. The van der Waals surface area contributed by atoms with Gasteiger partial charge in [0.05, 0.1) is 28.4 Å². The van der Waals surface area contributed by atoms with Crippen molar-refractivity contribution in [1.82, 2.24) is 0 Å². The summed E-state index contributed by atoms with van der Waals surface area (Å²) in [6.07, 6.45) is 0. The third-order valence-corrected chi connectivity index (χ3v) is 6.22. The Hall–Kier alpha value is -3.03. The maximum atomic E-state index is 13.3. The Bertz CT molecular complexity index is 1100. The van der Waals surface area contributed by atoms with Gasteiger partial charge in [-0.25, -0.2) is 8.42 Å². The number of rotatable bonds is 7. The summed E-state index contributed by atoms with van der Waals surface area (Å²) in [6.45, 7) is -0.456. The maximum Gasteiger partial charge on any atom is 0.264 e. The van der Waals surface area contributed by atoms with Crippen molar-refractivity contribution in [1.29, 1.82) is 0 Å². The molecule has 0 heterocycles. The Labute approximate surface area is 174 Å². The summed E-state index contributed by atoms with van der Waals surface area (Å²) in [6, 6.07) is 21.3. The molecule has 0 saturated carbocycles. The molecule has 0 unspecified atom stereocenters. The van der Waals surface area contributed by atoms with Crippen molar-refractivity contribution < 1.29 is 17.9 Å². The van der Waals surface area contributed by atoms with Gasteiger partial charge >= 0.3 is 0 Å². The zero-order chi connectivity index (χ0) is 20.9. The number of nitrogens with one attached hydrogen (secondary N) is 1. The van der Waals surface area contributed by atoms with Crippen molar-refractivity contribution in [2.45, 2.75) is 4.90 Å². The lowest BCUT2D eigenvalue weighted by Crippen LogP contribution is -2.38. The highest BCUT2D eigenvalue weighted by molar-refractivity contribution is 7.92. The summed E-state index contributed by atoms with van der Waals surface area (Å²) >= 11 is 6.09. The summed E-state index contributed by atoms with van der Waals surface area (Å²) in [5.41, 5.74) is 0.657. The number of methoxy groups -OCH3 is 1. The molecule has 150 valence electrons. The van der Waals surface area contributed by atoms with Gasteiger partial charge in [-0.05, 0) is 36.4 Å². The Morgan fingerprint density at radius 1 is 0.966 bits per heavy atom. The fourth-order valence-electron chi connectivity index (χ4n) is 2.74. The van der Waals surface area contributed by atoms with Gasteiger partial charge in [0.1, 0.15) is 12.3 Å². The molecule has 3 aromatic rings. The SMILES string of the molecule is COc1ccccc1N(CC(=O)Nc1ccccc1Cl)S(=O)(=O)c1ccccc1. The van der Waals surface area contributed by atoms with E-state index in [2.05, 4.69) is 5.32 Å². The van der Waals surface area contributed by atoms with Gasteiger partial charge in [0.25, 0.3) is 10.0 Å². The monoisotopic (exact) mass is 430 g/mol. The number of ether oxygens (including phenoxy) is 1. The number of hydrogen-bond donors (Lipinski definition) is 1. The lowest BCUT2D eigenvalue weighted by atomic mass is 10.3. The quantitative estimate of drug-likeness (QED) is 0.610. The third kappa shape index (κ3) is 4.70. The highest BCUT2D eigenvalue weighted by Crippen LogP contribution is 2.32. The van der Waals surface area contributed by atoms with Gasteiger partial charge in [-0.15, -0.1) is 0 Å². The van der Waals surface area contributed by atoms with E-state index in [1.54, 1.807) is 66.7 Å². The zero-order valence-corrected chi connectivity index (χ0v) is 17.2. The van der Waals surface area contributed by atoms with Gasteiger partial charge in [-0.3, -0.25) is 9.10 Å². The van der Waals surface area contributed by atoms with Crippen LogP contribution in [0.4, 0.5) is 11.4 Å². The van der Waals surface area contributed by atoms with Crippen LogP contribution in [-0.4, -0.2) is 28.0 Å². The summed E-state index contributed by atoms with van der Waals surface area (Å²) in [7, 11) is -2.58. The summed E-state index contributed by atoms with van der Waals surface area (Å²) in [5.74, 6) is -0.207. The first-order chi connectivity index (χ1) is 13.9. The Balaban J connectivity index is 1.99. The largest absolute Gasteiger partial charge is 0.495 e. The van der Waals surface area contributed by atoms with Crippen molar-refractivity contribution in [3.63, 3.8) is 0 Å². The summed E-state index contributed by atoms with van der Waals surface area (Å²) < 4.78 is 33.0. The number of benzene rings is 3. The normalized spacial score (nSPS) is 11.0. The number of nitrogens with zero attached hydrogens (tertiary/aromatic N) is 1. The van der Waals surface area contributed by atoms with Crippen LogP contribution in [0.15, 0.2) is 83.8 Å². The molecule has 0 aliphatic carbocycles. The predicted molar refractivity (Wildman–Crippen MR) is 114 cm³/mol. The van der Waals surface area contributed by atoms with Crippen LogP contribution in [0.3, 0.4) is 0 Å². The highest BCUT2D eigenvalue weighted by Gasteiger charge is 2.29. The van der Waals surface area contributed by atoms with E-state index in [9.17, 15) is 13.2 Å². The number of hydrogen-bond acceptors (Lipinski definition) is 4. The first kappa shape index (κ1) is 20.7. The Morgan fingerprint density at radius 2 is 1.59 bits per heavy atom. The number of sulfonamides is 1. The molecule has 1 amide bonds. The Morgan fingerprint density at radius 3 is 2.28 bits per heavy atom. The van der Waals surface area contributed by atoms with Crippen LogP contribution in [0.25, 0.3) is 0 Å². The number of carbonyl (C=O) groups is 1. The van der Waals surface area contributed by atoms with E-state index in [-0.39, 0.29) is 10.6 Å². The van der Waals surface area contributed by atoms with Gasteiger partial charge < -0.3 is 10.1 Å². The molecule has 6 nitrogen and oxygen atoms in total. The molecule has 0 bridgehead atoms. The van der Waals surface area contributed by atoms with E-state index in [4.69, 9.17) is 16.3 Å². The molecule has 0 saturated heterocycles. The topological polar surface area (TPSA) is 75.7 Å². The molecule has 0 fully saturated rings. The highest BCUT2D eigenvalue weighted by atomic mass is 35.5. The van der Waals surface area contributed by atoms with E-state index >= 15 is 0 Å². The average molecular weight is 431 g/mol. The number of halogens is 1. The van der Waals surface area contributed by atoms with Crippen LogP contribution in [0, 0.1) is 0 Å². The first-order valence-corrected chi connectivity index (χ1v) is 10.5. The fourth-order valence-corrected chi connectivity index (χ4v) is 4.37. The van der Waals surface area contributed by atoms with Crippen molar-refractivity contribution in [2.75, 3.05) is 23.3 Å². The number of anilines is 2. The lowest BCUT2D eigenvalue weighted by molar-refractivity contribution is -0.114. The minimum Gasteiger partial charge on any atom is -0.495 e. The summed E-state index contributed by atoms with van der Waals surface area (Å²) in [5, 5.41) is 3.01. The molecular formula is C21H19ClN2O4S. The van der Waals surface area contributed by atoms with Crippen molar-refractivity contribution in [3.05, 3.63) is 83.9 Å². The standard InChI is InChI=1S/C21H19ClN2O4S/c1-28-20-14-8-7-13-19(20)24(29(26,27)16-9-3-2-4-10-16)15-21(25)23-18-12-6-5-11-17(18)22/h2-14H,15H2,1H3,(H,23,25). The van der Waals surface area contributed by atoms with Crippen molar-refractivity contribution >= 4 is 38.9 Å². The van der Waals surface area contributed by atoms with E-state index in [1.165, 1.54) is 19.2 Å². The van der Waals surface area contributed by atoms with Gasteiger partial charge in [-0.1, -0.05) is 54.1 Å². The van der Waals surface area contributed by atoms with Gasteiger partial charge in [0.15, 0.2) is 0 Å². The van der Waals surface area contributed by atoms with Crippen LogP contribution < -0.4 is 14.4 Å². The molecule has 0 atom stereocenters. The lowest BCUT2D eigenvalue weighted by Gasteiger charge is -2.25. The van der Waals surface area contributed by atoms with E-state index in [1.807, 2.05) is 0 Å². The molecule has 0 aliphatic heterocycles. The zero-order valence-electron chi connectivity index (χ0n) is 15.6. The van der Waals surface area contributed by atoms with Crippen molar-refractivity contribution in [2.24, 2.45) is 0 Å². The molecular weight excluding hydrogens is 412 g/mol. The van der Waals surface area contributed by atoms with E-state index in [0.29, 0.717) is 16.5 Å². The maximum absolute atomic E-state index is 13.3. The molecule has 1 N–H and O–H groups in total. The van der Waals surface area contributed by atoms with Crippen LogP contribution in [0.5, 0.6) is 5.75 Å². The van der Waals surface area contributed by atoms with Crippen LogP contribution in [0.2, 0.25) is 5.02 Å². The van der Waals surface area contributed by atoms with E-state index in [0.717, 1.165) is 4.31 Å². The molecule has 0 aliphatic rings. The van der Waals surface area contributed by atoms with Gasteiger partial charge in [-0.2, -0.15) is 0 Å². The number of para-hydroxylation sites is 3. The fraction of sp³-hybridized carbons (Fsp3) is 0.0952. The minimum atomic E-state index is -4.02. The summed E-state index contributed by atoms with van der Waals surface area (Å²) in [4.78, 5) is 12.8. The number of amides is 1. The molecule has 0 spiro atoms. The van der Waals surface area contributed by atoms with Crippen LogP contribution in [0.1, 0.15) is 0 Å². The smallest absolute Gasteiger partial charge is 0.264 e. The minimum absolute atomic E-state index is 0.0662. The molecule has 3 aromatic carbocycles. The second-order valence-electron chi connectivity index (χ2n) is 6.02. The Kier molecular flexibility index (Phi) is 6.41. The van der Waals surface area contributed by atoms with Crippen LogP contribution in [-0.2, 0) is 14.8 Å². The second-order valence-corrected chi connectivity index (χ2v) is 8.29. The molecule has 0 radical (unpaired) electrons. The van der Waals surface area contributed by atoms with Crippen molar-refractivity contribution in [3.8, 4) is 5.75 Å². The number of carbonyl (C=O) groups excluding carboxylic acids is 1. The predicted octanol–water partition coefficient (Wildman–Crippen LogP) is 4.18. The van der Waals surface area contributed by atoms with E-state index < -0.39 is 22.5 Å². The van der Waals surface area contributed by atoms with Gasteiger partial charge in [0.2, 0.25) is 5.91 Å².